The highest BCUT2D eigenvalue weighted by atomic mass is 35.5. The van der Waals surface area contributed by atoms with Crippen LogP contribution in [-0.4, -0.2) is 21.9 Å². The summed E-state index contributed by atoms with van der Waals surface area (Å²) in [4.78, 5) is 11.9. The van der Waals surface area contributed by atoms with Crippen molar-refractivity contribution in [1.29, 1.82) is 0 Å². The molecule has 0 spiro atoms. The largest absolute Gasteiger partial charge is 0.376 e. The normalized spacial score (nSPS) is 11.9. The van der Waals surface area contributed by atoms with E-state index in [9.17, 15) is 4.79 Å². The molecule has 17 heavy (non-hydrogen) atoms. The predicted octanol–water partition coefficient (Wildman–Crippen LogP) is 1.63. The van der Waals surface area contributed by atoms with Crippen LogP contribution in [0.15, 0.2) is 11.0 Å². The molecule has 0 fully saturated rings. The fourth-order valence-corrected chi connectivity index (χ4v) is 1.50. The lowest BCUT2D eigenvalue weighted by Crippen LogP contribution is -2.40. The first-order valence-corrected chi connectivity index (χ1v) is 5.92. The number of rotatable bonds is 4. The molecular weight excluding hydrogens is 240 g/mol. The van der Waals surface area contributed by atoms with Crippen LogP contribution in [0.25, 0.3) is 0 Å². The average Bonchev–Trinajstić information content (AvgIpc) is 2.24. The Morgan fingerprint density at radius 1 is 1.59 bits per heavy atom. The van der Waals surface area contributed by atoms with Crippen molar-refractivity contribution in [3.8, 4) is 0 Å². The smallest absolute Gasteiger partial charge is 0.287 e. The van der Waals surface area contributed by atoms with E-state index in [1.807, 2.05) is 27.7 Å². The van der Waals surface area contributed by atoms with Crippen molar-refractivity contribution in [1.82, 2.24) is 9.78 Å². The van der Waals surface area contributed by atoms with Gasteiger partial charge in [0.2, 0.25) is 0 Å². The van der Waals surface area contributed by atoms with Crippen molar-refractivity contribution in [3.05, 3.63) is 21.6 Å². The van der Waals surface area contributed by atoms with Crippen LogP contribution in [0.3, 0.4) is 0 Å². The third-order valence-corrected chi connectivity index (χ3v) is 2.78. The summed E-state index contributed by atoms with van der Waals surface area (Å²) in [5.74, 6) is 0. The first-order valence-electron chi connectivity index (χ1n) is 5.54. The van der Waals surface area contributed by atoms with Gasteiger partial charge in [-0.2, -0.15) is 5.10 Å². The Labute approximate surface area is 106 Å². The molecule has 0 amide bonds. The molecule has 0 unspecified atom stereocenters. The van der Waals surface area contributed by atoms with Crippen LogP contribution >= 0.6 is 11.6 Å². The van der Waals surface area contributed by atoms with Gasteiger partial charge in [-0.3, -0.25) is 4.79 Å². The third kappa shape index (κ3) is 3.20. The highest BCUT2D eigenvalue weighted by molar-refractivity contribution is 6.32. The molecule has 1 rings (SSSR count). The van der Waals surface area contributed by atoms with Gasteiger partial charge in [-0.05, 0) is 27.7 Å². The average molecular weight is 259 g/mol. The maximum atomic E-state index is 11.9. The number of hydrogen-bond donors (Lipinski definition) is 2. The Balaban J connectivity index is 3.14. The topological polar surface area (TPSA) is 72.9 Å². The second-order valence-electron chi connectivity index (χ2n) is 4.93. The van der Waals surface area contributed by atoms with E-state index in [2.05, 4.69) is 10.4 Å². The highest BCUT2D eigenvalue weighted by Gasteiger charge is 2.19. The van der Waals surface area contributed by atoms with Gasteiger partial charge < -0.3 is 11.1 Å². The Hall–Kier alpha value is -1.07. The molecule has 0 atom stereocenters. The molecule has 5 nitrogen and oxygen atoms in total. The lowest BCUT2D eigenvalue weighted by Gasteiger charge is -2.26. The molecule has 0 aliphatic heterocycles. The summed E-state index contributed by atoms with van der Waals surface area (Å²) in [6.45, 7) is 8.04. The van der Waals surface area contributed by atoms with Crippen molar-refractivity contribution in [2.45, 2.75) is 39.3 Å². The van der Waals surface area contributed by atoms with Crippen LogP contribution in [0.1, 0.15) is 33.7 Å². The van der Waals surface area contributed by atoms with Gasteiger partial charge in [-0.25, -0.2) is 4.68 Å². The first kappa shape index (κ1) is 14.0. The molecule has 96 valence electrons. The standard InChI is InChI=1S/C11H19ClN4O/c1-7(2)16-10(17)9(12)8(5-14-16)15-11(3,4)6-13/h5,7,15H,6,13H2,1-4H3. The van der Waals surface area contributed by atoms with Crippen molar-refractivity contribution >= 4 is 17.3 Å². The van der Waals surface area contributed by atoms with Crippen LogP contribution in [0.5, 0.6) is 0 Å². The lowest BCUT2D eigenvalue weighted by molar-refractivity contribution is 0.501. The van der Waals surface area contributed by atoms with Crippen molar-refractivity contribution in [3.63, 3.8) is 0 Å². The van der Waals surface area contributed by atoms with Crippen LogP contribution in [0.4, 0.5) is 5.69 Å². The van der Waals surface area contributed by atoms with E-state index >= 15 is 0 Å². The summed E-state index contributed by atoms with van der Waals surface area (Å²) in [6.07, 6.45) is 1.56. The van der Waals surface area contributed by atoms with Gasteiger partial charge >= 0.3 is 0 Å². The SMILES string of the molecule is CC(C)n1ncc(NC(C)(C)CN)c(Cl)c1=O. The fraction of sp³-hybridized carbons (Fsp3) is 0.636. The quantitative estimate of drug-likeness (QED) is 0.861. The molecule has 0 aliphatic carbocycles. The van der Waals surface area contributed by atoms with E-state index in [-0.39, 0.29) is 22.2 Å². The number of hydrogen-bond acceptors (Lipinski definition) is 4. The summed E-state index contributed by atoms with van der Waals surface area (Å²) in [5, 5.41) is 7.33. The van der Waals surface area contributed by atoms with E-state index in [4.69, 9.17) is 17.3 Å². The Kier molecular flexibility index (Phi) is 4.16. The Bertz CT molecular complexity index is 453. The molecule has 0 bridgehead atoms. The van der Waals surface area contributed by atoms with Crippen LogP contribution in [0, 0.1) is 0 Å². The summed E-state index contributed by atoms with van der Waals surface area (Å²) in [7, 11) is 0. The molecule has 0 radical (unpaired) electrons. The minimum absolute atomic E-state index is 0.0171. The van der Waals surface area contributed by atoms with E-state index in [0.717, 1.165) is 0 Å². The maximum Gasteiger partial charge on any atom is 0.287 e. The molecule has 1 heterocycles. The van der Waals surface area contributed by atoms with E-state index in [0.29, 0.717) is 12.2 Å². The summed E-state index contributed by atoms with van der Waals surface area (Å²) >= 11 is 6.03. The van der Waals surface area contributed by atoms with Gasteiger partial charge in [0, 0.05) is 12.1 Å². The van der Waals surface area contributed by atoms with Crippen molar-refractivity contribution in [2.24, 2.45) is 5.73 Å². The lowest BCUT2D eigenvalue weighted by atomic mass is 10.1. The van der Waals surface area contributed by atoms with Crippen LogP contribution < -0.4 is 16.6 Å². The number of nitrogens with one attached hydrogen (secondary N) is 1. The van der Waals surface area contributed by atoms with Gasteiger partial charge in [-0.15, -0.1) is 0 Å². The molecule has 0 saturated heterocycles. The molecule has 3 N–H and O–H groups in total. The second-order valence-corrected chi connectivity index (χ2v) is 5.31. The maximum absolute atomic E-state index is 11.9. The van der Waals surface area contributed by atoms with E-state index in [1.54, 1.807) is 6.20 Å². The number of nitrogens with zero attached hydrogens (tertiary/aromatic N) is 2. The van der Waals surface area contributed by atoms with E-state index in [1.165, 1.54) is 4.68 Å². The zero-order valence-corrected chi connectivity index (χ0v) is 11.4. The molecule has 0 aromatic carbocycles. The zero-order chi connectivity index (χ0) is 13.2. The molecule has 1 aromatic rings. The molecular formula is C11H19ClN4O. The molecule has 0 aliphatic rings. The van der Waals surface area contributed by atoms with Crippen molar-refractivity contribution < 1.29 is 0 Å². The van der Waals surface area contributed by atoms with Gasteiger partial charge in [-0.1, -0.05) is 11.6 Å². The molecule has 6 heteroatoms. The van der Waals surface area contributed by atoms with Gasteiger partial charge in [0.15, 0.2) is 0 Å². The fourth-order valence-electron chi connectivity index (χ4n) is 1.32. The molecule has 0 saturated carbocycles. The third-order valence-electron chi connectivity index (χ3n) is 2.42. The molecule has 1 aromatic heterocycles. The predicted molar refractivity (Wildman–Crippen MR) is 70.6 cm³/mol. The Morgan fingerprint density at radius 3 is 2.65 bits per heavy atom. The minimum atomic E-state index is -0.332. The first-order chi connectivity index (χ1) is 7.78. The van der Waals surface area contributed by atoms with Gasteiger partial charge in [0.1, 0.15) is 5.02 Å². The number of anilines is 1. The van der Waals surface area contributed by atoms with E-state index < -0.39 is 0 Å². The summed E-state index contributed by atoms with van der Waals surface area (Å²) < 4.78 is 1.35. The second kappa shape index (κ2) is 5.06. The zero-order valence-electron chi connectivity index (χ0n) is 10.6. The van der Waals surface area contributed by atoms with Crippen LogP contribution in [-0.2, 0) is 0 Å². The Morgan fingerprint density at radius 2 is 2.18 bits per heavy atom. The van der Waals surface area contributed by atoms with Crippen LogP contribution in [0.2, 0.25) is 5.02 Å². The summed E-state index contributed by atoms with van der Waals surface area (Å²) in [6, 6.07) is -0.0171. The number of nitrogens with two attached hydrogens (primary N) is 1. The summed E-state index contributed by atoms with van der Waals surface area (Å²) in [5.41, 5.74) is 5.50. The number of halogens is 1. The monoisotopic (exact) mass is 258 g/mol. The van der Waals surface area contributed by atoms with Gasteiger partial charge in [0.05, 0.1) is 17.9 Å². The number of aromatic nitrogens is 2. The van der Waals surface area contributed by atoms with Gasteiger partial charge in [0.25, 0.3) is 5.56 Å². The highest BCUT2D eigenvalue weighted by Crippen LogP contribution is 2.20. The van der Waals surface area contributed by atoms with Crippen molar-refractivity contribution in [2.75, 3.05) is 11.9 Å². The minimum Gasteiger partial charge on any atom is -0.376 e.